The number of urea groups is 1. The van der Waals surface area contributed by atoms with Crippen LogP contribution in [-0.2, 0) is 0 Å². The van der Waals surface area contributed by atoms with E-state index in [-0.39, 0.29) is 15.6 Å². The van der Waals surface area contributed by atoms with Crippen LogP contribution in [0.4, 0.5) is 4.79 Å². The number of hydrogen-bond donors (Lipinski definition) is 2. The Labute approximate surface area is 107 Å². The monoisotopic (exact) mass is 278 g/mol. The van der Waals surface area contributed by atoms with Crippen molar-refractivity contribution < 1.29 is 9.59 Å². The van der Waals surface area contributed by atoms with E-state index in [0.717, 1.165) is 11.9 Å². The summed E-state index contributed by atoms with van der Waals surface area (Å²) in [6, 6.07) is 4.04. The first kappa shape index (κ1) is 13.2. The van der Waals surface area contributed by atoms with Gasteiger partial charge in [-0.3, -0.25) is 14.8 Å². The molecule has 1 rings (SSSR count). The van der Waals surface area contributed by atoms with Gasteiger partial charge in [0.2, 0.25) is 0 Å². The summed E-state index contributed by atoms with van der Waals surface area (Å²) in [7, 11) is 0. The van der Waals surface area contributed by atoms with Gasteiger partial charge in [-0.25, -0.2) is 4.79 Å². The van der Waals surface area contributed by atoms with Gasteiger partial charge in [0.15, 0.2) is 0 Å². The number of benzene rings is 1. The van der Waals surface area contributed by atoms with E-state index in [2.05, 4.69) is 10.0 Å². The Morgan fingerprint density at radius 2 is 1.81 bits per heavy atom. The summed E-state index contributed by atoms with van der Waals surface area (Å²) in [5, 5.41) is 2.49. The zero-order valence-electron chi connectivity index (χ0n) is 8.21. The summed E-state index contributed by atoms with van der Waals surface area (Å²) in [6.45, 7) is 0. The van der Waals surface area contributed by atoms with Crippen molar-refractivity contribution in [1.29, 1.82) is 0 Å². The molecule has 0 radical (unpaired) electrons. The molecule has 1 aromatic carbocycles. The third-order valence-corrected chi connectivity index (χ3v) is 2.63. The van der Waals surface area contributed by atoms with Crippen LogP contribution in [0.5, 0.6) is 0 Å². The van der Waals surface area contributed by atoms with Gasteiger partial charge >= 0.3 is 6.03 Å². The van der Waals surface area contributed by atoms with Gasteiger partial charge in [0, 0.05) is 6.26 Å². The third-order valence-electron chi connectivity index (χ3n) is 1.61. The molecule has 0 unspecified atom stereocenters. The molecule has 1 aromatic rings. The van der Waals surface area contributed by atoms with Gasteiger partial charge in [0.05, 0.1) is 15.6 Å². The summed E-state index contributed by atoms with van der Waals surface area (Å²) in [5.41, 5.74) is 0.0853. The molecule has 0 aliphatic carbocycles. The minimum Gasteiger partial charge on any atom is -0.282 e. The highest BCUT2D eigenvalue weighted by Gasteiger charge is 2.16. The quantitative estimate of drug-likeness (QED) is 0.818. The van der Waals surface area contributed by atoms with E-state index < -0.39 is 11.9 Å². The first-order valence-electron chi connectivity index (χ1n) is 4.14. The topological polar surface area (TPSA) is 58.2 Å². The fraction of sp³-hybridized carbons (Fsp3) is 0.111. The molecule has 86 valence electrons. The van der Waals surface area contributed by atoms with Crippen molar-refractivity contribution in [2.75, 3.05) is 6.26 Å². The van der Waals surface area contributed by atoms with Gasteiger partial charge in [-0.15, -0.1) is 0 Å². The fourth-order valence-electron chi connectivity index (χ4n) is 0.999. The summed E-state index contributed by atoms with van der Waals surface area (Å²) in [5.74, 6) is -0.637. The average molecular weight is 279 g/mol. The van der Waals surface area contributed by atoms with Crippen LogP contribution in [0, 0.1) is 0 Å². The van der Waals surface area contributed by atoms with Crippen molar-refractivity contribution in [2.45, 2.75) is 0 Å². The summed E-state index contributed by atoms with van der Waals surface area (Å²) < 4.78 is 2.34. The highest BCUT2D eigenvalue weighted by molar-refractivity contribution is 7.97. The SMILES string of the molecule is CSNC(=O)NC(=O)c1c(Cl)cccc1Cl. The van der Waals surface area contributed by atoms with Crippen LogP contribution in [0.2, 0.25) is 10.0 Å². The lowest BCUT2D eigenvalue weighted by Gasteiger charge is -2.07. The summed E-state index contributed by atoms with van der Waals surface area (Å²) in [6.07, 6.45) is 1.66. The molecule has 0 atom stereocenters. The Kier molecular flexibility index (Phi) is 4.92. The predicted octanol–water partition coefficient (Wildman–Crippen LogP) is 2.71. The molecule has 0 aliphatic rings. The number of amides is 3. The summed E-state index contributed by atoms with van der Waals surface area (Å²) in [4.78, 5) is 22.7. The number of carbonyl (C=O) groups is 2. The van der Waals surface area contributed by atoms with Gasteiger partial charge < -0.3 is 0 Å². The predicted molar refractivity (Wildman–Crippen MR) is 66.0 cm³/mol. The molecule has 7 heteroatoms. The third kappa shape index (κ3) is 3.30. The number of rotatable bonds is 2. The van der Waals surface area contributed by atoms with Gasteiger partial charge in [-0.05, 0) is 12.1 Å². The Morgan fingerprint density at radius 1 is 1.25 bits per heavy atom. The minimum absolute atomic E-state index is 0.0853. The second-order valence-electron chi connectivity index (χ2n) is 2.69. The molecule has 16 heavy (non-hydrogen) atoms. The van der Waals surface area contributed by atoms with Crippen LogP contribution in [0.15, 0.2) is 18.2 Å². The zero-order valence-corrected chi connectivity index (χ0v) is 10.5. The Morgan fingerprint density at radius 3 is 2.31 bits per heavy atom. The maximum Gasteiger partial charge on any atom is 0.331 e. The molecule has 0 saturated heterocycles. The second kappa shape index (κ2) is 5.98. The minimum atomic E-state index is -0.637. The van der Waals surface area contributed by atoms with E-state index in [1.54, 1.807) is 12.3 Å². The van der Waals surface area contributed by atoms with Crippen molar-refractivity contribution in [2.24, 2.45) is 0 Å². The highest BCUT2D eigenvalue weighted by atomic mass is 35.5. The van der Waals surface area contributed by atoms with Crippen molar-refractivity contribution in [3.05, 3.63) is 33.8 Å². The number of nitrogens with one attached hydrogen (secondary N) is 2. The van der Waals surface area contributed by atoms with Crippen LogP contribution >= 0.6 is 35.1 Å². The largest absolute Gasteiger partial charge is 0.331 e. The van der Waals surface area contributed by atoms with Gasteiger partial charge in [0.1, 0.15) is 0 Å². The Balaban J connectivity index is 2.85. The van der Waals surface area contributed by atoms with E-state index >= 15 is 0 Å². The van der Waals surface area contributed by atoms with E-state index in [1.807, 2.05) is 0 Å². The van der Waals surface area contributed by atoms with Crippen LogP contribution < -0.4 is 10.0 Å². The van der Waals surface area contributed by atoms with E-state index in [9.17, 15) is 9.59 Å². The zero-order chi connectivity index (χ0) is 12.1. The molecule has 3 amide bonds. The van der Waals surface area contributed by atoms with Gasteiger partial charge in [0.25, 0.3) is 5.91 Å². The number of carbonyl (C=O) groups excluding carboxylic acids is 2. The Hall–Kier alpha value is -0.910. The number of halogens is 2. The fourth-order valence-corrected chi connectivity index (χ4v) is 1.80. The van der Waals surface area contributed by atoms with Gasteiger partial charge in [-0.2, -0.15) is 0 Å². The molecule has 0 spiro atoms. The lowest BCUT2D eigenvalue weighted by Crippen LogP contribution is -2.36. The molecule has 0 fully saturated rings. The van der Waals surface area contributed by atoms with Crippen molar-refractivity contribution in [1.82, 2.24) is 10.0 Å². The van der Waals surface area contributed by atoms with Crippen molar-refractivity contribution >= 4 is 47.1 Å². The molecule has 0 bridgehead atoms. The van der Waals surface area contributed by atoms with Crippen molar-refractivity contribution in [3.63, 3.8) is 0 Å². The first-order chi connectivity index (χ1) is 7.56. The normalized spacial score (nSPS) is 9.69. The lowest BCUT2D eigenvalue weighted by atomic mass is 10.2. The lowest BCUT2D eigenvalue weighted by molar-refractivity contribution is 0.0966. The van der Waals surface area contributed by atoms with Crippen molar-refractivity contribution in [3.8, 4) is 0 Å². The number of imide groups is 1. The second-order valence-corrected chi connectivity index (χ2v) is 4.11. The Bertz CT molecular complexity index is 406. The van der Waals surface area contributed by atoms with Gasteiger partial charge in [-0.1, -0.05) is 41.2 Å². The molecule has 4 nitrogen and oxygen atoms in total. The van der Waals surface area contributed by atoms with E-state index in [4.69, 9.17) is 23.2 Å². The molecule has 0 aliphatic heterocycles. The standard InChI is InChI=1S/C9H8Cl2N2O2S/c1-16-13-9(15)12-8(14)7-5(10)3-2-4-6(7)11/h2-4H,1H3,(H2,12,13,14,15). The van der Waals surface area contributed by atoms with Crippen LogP contribution in [0.25, 0.3) is 0 Å². The molecule has 0 aromatic heterocycles. The number of hydrogen-bond acceptors (Lipinski definition) is 3. The van der Waals surface area contributed by atoms with E-state index in [0.29, 0.717) is 0 Å². The molecule has 0 saturated carbocycles. The smallest absolute Gasteiger partial charge is 0.282 e. The molecule has 0 heterocycles. The first-order valence-corrected chi connectivity index (χ1v) is 6.12. The maximum absolute atomic E-state index is 11.6. The van der Waals surface area contributed by atoms with Crippen LogP contribution in [-0.4, -0.2) is 18.2 Å². The molecular weight excluding hydrogens is 271 g/mol. The van der Waals surface area contributed by atoms with E-state index in [1.165, 1.54) is 12.1 Å². The highest BCUT2D eigenvalue weighted by Crippen LogP contribution is 2.23. The van der Waals surface area contributed by atoms with Crippen LogP contribution in [0.3, 0.4) is 0 Å². The average Bonchev–Trinajstić information content (AvgIpc) is 2.17. The molecule has 2 N–H and O–H groups in total. The summed E-state index contributed by atoms with van der Waals surface area (Å²) >= 11 is 12.7. The van der Waals surface area contributed by atoms with Crippen LogP contribution in [0.1, 0.15) is 10.4 Å². The maximum atomic E-state index is 11.6. The molecular formula is C9H8Cl2N2O2S.